The molecular formula is C30H36Cl2. The Labute approximate surface area is 205 Å². The second-order valence-electron chi connectivity index (χ2n) is 8.65. The van der Waals surface area contributed by atoms with E-state index in [0.717, 1.165) is 6.42 Å². The van der Waals surface area contributed by atoms with Crippen molar-refractivity contribution in [3.8, 4) is 22.3 Å². The average Bonchev–Trinajstić information content (AvgIpc) is 2.85. The van der Waals surface area contributed by atoms with Crippen molar-refractivity contribution in [3.63, 3.8) is 0 Å². The van der Waals surface area contributed by atoms with Crippen LogP contribution in [-0.4, -0.2) is 0 Å². The zero-order valence-corrected chi connectivity index (χ0v) is 20.9. The van der Waals surface area contributed by atoms with Gasteiger partial charge in [-0.25, -0.2) is 0 Å². The van der Waals surface area contributed by atoms with Crippen LogP contribution in [0, 0.1) is 0 Å². The van der Waals surface area contributed by atoms with Crippen LogP contribution in [0.5, 0.6) is 0 Å². The maximum absolute atomic E-state index is 6.62. The quantitative estimate of drug-likeness (QED) is 0.173. The molecule has 0 saturated carbocycles. The van der Waals surface area contributed by atoms with Crippen LogP contribution in [0.3, 0.4) is 0 Å². The molecule has 0 nitrogen and oxygen atoms in total. The second-order valence-corrected chi connectivity index (χ2v) is 9.18. The van der Waals surface area contributed by atoms with Gasteiger partial charge in [0.05, 0.1) is 0 Å². The van der Waals surface area contributed by atoms with Crippen molar-refractivity contribution in [1.82, 2.24) is 0 Å². The monoisotopic (exact) mass is 466 g/mol. The van der Waals surface area contributed by atoms with Crippen LogP contribution in [0.1, 0.15) is 75.0 Å². The van der Waals surface area contributed by atoms with Crippen LogP contribution in [0.25, 0.3) is 22.3 Å². The molecule has 0 aliphatic rings. The van der Waals surface area contributed by atoms with E-state index in [0.29, 0.717) is 11.8 Å². The number of halogens is 2. The number of rotatable bonds is 13. The Morgan fingerprint density at radius 1 is 0.562 bits per heavy atom. The molecule has 0 heterocycles. The zero-order valence-electron chi connectivity index (χ0n) is 19.4. The van der Waals surface area contributed by atoms with Gasteiger partial charge in [-0.1, -0.05) is 119 Å². The van der Waals surface area contributed by atoms with Gasteiger partial charge in [-0.2, -0.15) is 0 Å². The van der Waals surface area contributed by atoms with Crippen LogP contribution < -0.4 is 0 Å². The number of unbranched alkanes of at least 4 members (excludes halogenated alkanes) is 7. The van der Waals surface area contributed by atoms with E-state index in [4.69, 9.17) is 23.2 Å². The molecule has 2 heteroatoms. The van der Waals surface area contributed by atoms with Gasteiger partial charge < -0.3 is 0 Å². The predicted molar refractivity (Wildman–Crippen MR) is 143 cm³/mol. The summed E-state index contributed by atoms with van der Waals surface area (Å²) in [6.45, 7) is 2.27. The Bertz CT molecular complexity index is 932. The summed E-state index contributed by atoms with van der Waals surface area (Å²) >= 11 is 13.1. The van der Waals surface area contributed by atoms with Gasteiger partial charge in [0.2, 0.25) is 0 Å². The summed E-state index contributed by atoms with van der Waals surface area (Å²) in [6.07, 6.45) is 11.7. The number of benzene rings is 3. The summed E-state index contributed by atoms with van der Waals surface area (Å²) < 4.78 is 0. The smallest absolute Gasteiger partial charge is 0.0483 e. The molecule has 0 aliphatic heterocycles. The molecule has 0 saturated heterocycles. The molecule has 0 bridgehead atoms. The molecule has 0 spiro atoms. The molecule has 0 atom stereocenters. The fourth-order valence-corrected chi connectivity index (χ4v) is 5.15. The molecule has 0 fully saturated rings. The van der Waals surface area contributed by atoms with E-state index in [2.05, 4.69) is 73.7 Å². The molecular weight excluding hydrogens is 431 g/mol. The first-order valence-electron chi connectivity index (χ1n) is 12.2. The zero-order chi connectivity index (χ0) is 22.6. The predicted octanol–water partition coefficient (Wildman–Crippen LogP) is 10.2. The molecule has 170 valence electrons. The number of alkyl halides is 2. The first-order valence-corrected chi connectivity index (χ1v) is 13.3. The number of aryl methyl sites for hydroxylation is 1. The summed E-state index contributed by atoms with van der Waals surface area (Å²) in [5, 5.41) is 0. The standard InChI is InChI=1S/C30H36Cl2/c1-2-3-4-5-6-7-8-11-20-26-21-27(22-31)29(24-16-12-9-13-17-24)30(28(26)23-32)25-18-14-10-15-19-25/h9-10,12-19,21H,2-8,11,20,22-23H2,1H3. The van der Waals surface area contributed by atoms with Gasteiger partial charge in [0.15, 0.2) is 0 Å². The lowest BCUT2D eigenvalue weighted by Gasteiger charge is -2.22. The van der Waals surface area contributed by atoms with Crippen molar-refractivity contribution < 1.29 is 0 Å². The highest BCUT2D eigenvalue weighted by atomic mass is 35.5. The maximum atomic E-state index is 6.62. The minimum absolute atomic E-state index is 0.497. The molecule has 0 N–H and O–H groups in total. The highest BCUT2D eigenvalue weighted by molar-refractivity contribution is 6.19. The van der Waals surface area contributed by atoms with Crippen molar-refractivity contribution in [3.05, 3.63) is 83.4 Å². The Kier molecular flexibility index (Phi) is 10.7. The summed E-state index contributed by atoms with van der Waals surface area (Å²) in [5.41, 5.74) is 8.70. The Morgan fingerprint density at radius 2 is 1.09 bits per heavy atom. The minimum Gasteiger partial charge on any atom is -0.122 e. The van der Waals surface area contributed by atoms with Crippen molar-refractivity contribution in [2.24, 2.45) is 0 Å². The first-order chi connectivity index (χ1) is 15.8. The van der Waals surface area contributed by atoms with Crippen LogP contribution >= 0.6 is 23.2 Å². The van der Waals surface area contributed by atoms with Gasteiger partial charge >= 0.3 is 0 Å². The third kappa shape index (κ3) is 6.63. The van der Waals surface area contributed by atoms with Gasteiger partial charge in [0.1, 0.15) is 0 Å². The van der Waals surface area contributed by atoms with Crippen molar-refractivity contribution in [1.29, 1.82) is 0 Å². The van der Waals surface area contributed by atoms with E-state index in [1.54, 1.807) is 0 Å². The Morgan fingerprint density at radius 3 is 1.62 bits per heavy atom. The summed E-state index contributed by atoms with van der Waals surface area (Å²) in [5.74, 6) is 1.01. The third-order valence-corrected chi connectivity index (χ3v) is 6.87. The van der Waals surface area contributed by atoms with E-state index >= 15 is 0 Å². The third-order valence-electron chi connectivity index (χ3n) is 6.31. The van der Waals surface area contributed by atoms with Crippen LogP contribution in [-0.2, 0) is 18.2 Å². The highest BCUT2D eigenvalue weighted by Gasteiger charge is 2.19. The summed E-state index contributed by atoms with van der Waals surface area (Å²) in [4.78, 5) is 0. The normalized spacial score (nSPS) is 11.1. The fraction of sp³-hybridized carbons (Fsp3) is 0.400. The van der Waals surface area contributed by atoms with Crippen LogP contribution in [0.15, 0.2) is 66.7 Å². The SMILES string of the molecule is CCCCCCCCCCc1cc(CCl)c(-c2ccccc2)c(-c2ccccc2)c1CCl. The molecule has 0 aliphatic carbocycles. The van der Waals surface area contributed by atoms with E-state index < -0.39 is 0 Å². The molecule has 3 aromatic carbocycles. The first kappa shape index (κ1) is 24.9. The Balaban J connectivity index is 1.90. The van der Waals surface area contributed by atoms with Gasteiger partial charge in [0.25, 0.3) is 0 Å². The van der Waals surface area contributed by atoms with Crippen molar-refractivity contribution in [2.45, 2.75) is 76.5 Å². The van der Waals surface area contributed by atoms with Gasteiger partial charge in [-0.15, -0.1) is 23.2 Å². The lowest BCUT2D eigenvalue weighted by atomic mass is 9.84. The molecule has 32 heavy (non-hydrogen) atoms. The van der Waals surface area contributed by atoms with E-state index in [9.17, 15) is 0 Å². The van der Waals surface area contributed by atoms with E-state index in [1.165, 1.54) is 90.3 Å². The molecule has 0 amide bonds. The lowest BCUT2D eigenvalue weighted by Crippen LogP contribution is -2.03. The fourth-order valence-electron chi connectivity index (χ4n) is 4.63. The lowest BCUT2D eigenvalue weighted by molar-refractivity contribution is 0.575. The molecule has 0 unspecified atom stereocenters. The summed E-state index contributed by atoms with van der Waals surface area (Å²) in [6, 6.07) is 23.6. The van der Waals surface area contributed by atoms with E-state index in [-0.39, 0.29) is 0 Å². The van der Waals surface area contributed by atoms with Crippen LogP contribution in [0.4, 0.5) is 0 Å². The van der Waals surface area contributed by atoms with Crippen LogP contribution in [0.2, 0.25) is 0 Å². The summed E-state index contributed by atoms with van der Waals surface area (Å²) in [7, 11) is 0. The highest BCUT2D eigenvalue weighted by Crippen LogP contribution is 2.41. The molecule has 3 aromatic rings. The maximum Gasteiger partial charge on any atom is 0.0483 e. The largest absolute Gasteiger partial charge is 0.122 e. The van der Waals surface area contributed by atoms with Gasteiger partial charge in [0, 0.05) is 11.8 Å². The average molecular weight is 468 g/mol. The van der Waals surface area contributed by atoms with E-state index in [1.807, 2.05) is 0 Å². The van der Waals surface area contributed by atoms with Crippen molar-refractivity contribution in [2.75, 3.05) is 0 Å². The molecule has 3 rings (SSSR count). The number of hydrogen-bond donors (Lipinski definition) is 0. The van der Waals surface area contributed by atoms with Crippen molar-refractivity contribution >= 4 is 23.2 Å². The Hall–Kier alpha value is -1.76. The number of hydrogen-bond acceptors (Lipinski definition) is 0. The molecule has 0 aromatic heterocycles. The molecule has 0 radical (unpaired) electrons. The second kappa shape index (κ2) is 13.7. The van der Waals surface area contributed by atoms with Gasteiger partial charge in [-0.3, -0.25) is 0 Å². The topological polar surface area (TPSA) is 0 Å². The minimum atomic E-state index is 0.497. The van der Waals surface area contributed by atoms with Gasteiger partial charge in [-0.05, 0) is 51.8 Å².